The molecule has 0 atom stereocenters. The third-order valence-electron chi connectivity index (χ3n) is 1.48. The summed E-state index contributed by atoms with van der Waals surface area (Å²) in [7, 11) is 0. The van der Waals surface area contributed by atoms with E-state index in [2.05, 4.69) is 10.2 Å². The summed E-state index contributed by atoms with van der Waals surface area (Å²) in [5.41, 5.74) is -0.635. The van der Waals surface area contributed by atoms with Crippen LogP contribution in [0.1, 0.15) is 16.5 Å². The summed E-state index contributed by atoms with van der Waals surface area (Å²) in [6, 6.07) is 8.86. The van der Waals surface area contributed by atoms with E-state index in [4.69, 9.17) is 4.11 Å². The van der Waals surface area contributed by atoms with Crippen LogP contribution in [0.3, 0.4) is 0 Å². The molecule has 0 spiro atoms. The average molecular weight is 135 g/mol. The van der Waals surface area contributed by atoms with E-state index in [9.17, 15) is 0 Å². The number of hydrogen-bond acceptors (Lipinski definition) is 2. The van der Waals surface area contributed by atoms with Gasteiger partial charge in [0.15, 0.2) is 0 Å². The second-order valence-electron chi connectivity index (χ2n) is 2.24. The molecule has 0 saturated heterocycles. The average Bonchev–Trinajstić information content (AvgIpc) is 2.84. The van der Waals surface area contributed by atoms with Gasteiger partial charge >= 0.3 is 0 Å². The molecular formula is C8H8N2. The highest BCUT2D eigenvalue weighted by atomic mass is 15.4. The van der Waals surface area contributed by atoms with Crippen LogP contribution in [0.2, 0.25) is 0 Å². The maximum atomic E-state index is 7.28. The van der Waals surface area contributed by atoms with E-state index in [1.807, 2.05) is 6.07 Å². The Morgan fingerprint density at radius 1 is 1.30 bits per heavy atom. The van der Waals surface area contributed by atoms with Gasteiger partial charge in [-0.25, -0.2) is 0 Å². The molecule has 0 N–H and O–H groups in total. The van der Waals surface area contributed by atoms with Crippen molar-refractivity contribution < 1.29 is 4.11 Å². The highest BCUT2D eigenvalue weighted by Gasteiger charge is 2.35. The molecule has 2 rings (SSSR count). The highest BCUT2D eigenvalue weighted by Crippen LogP contribution is 2.38. The first-order valence-corrected chi connectivity index (χ1v) is 3.06. The Hall–Kier alpha value is -1.18. The van der Waals surface area contributed by atoms with Crippen molar-refractivity contribution in [3.8, 4) is 0 Å². The van der Waals surface area contributed by atoms with Crippen LogP contribution >= 0.6 is 0 Å². The van der Waals surface area contributed by atoms with E-state index in [1.165, 1.54) is 0 Å². The van der Waals surface area contributed by atoms with Crippen LogP contribution in [0.25, 0.3) is 0 Å². The number of benzene rings is 1. The first kappa shape index (κ1) is 3.28. The van der Waals surface area contributed by atoms with Crippen LogP contribution in [-0.2, 0) is 5.66 Å². The van der Waals surface area contributed by atoms with Crippen molar-refractivity contribution in [1.29, 1.82) is 0 Å². The summed E-state index contributed by atoms with van der Waals surface area (Å²) in [5, 5.41) is 7.28. The fraction of sp³-hybridized carbons (Fsp3) is 0.250. The van der Waals surface area contributed by atoms with Crippen molar-refractivity contribution in [2.75, 3.05) is 0 Å². The van der Waals surface area contributed by atoms with Crippen LogP contribution in [-0.4, -0.2) is 0 Å². The summed E-state index contributed by atoms with van der Waals surface area (Å²) in [5.74, 6) is 0. The molecule has 0 fully saturated rings. The molecule has 0 amide bonds. The molecule has 0 radical (unpaired) electrons. The van der Waals surface area contributed by atoms with Crippen molar-refractivity contribution in [2.24, 2.45) is 10.2 Å². The molecule has 1 aliphatic rings. The Kier molecular flexibility index (Phi) is 0.543. The first-order valence-electron chi connectivity index (χ1n) is 4.56. The molecule has 50 valence electrons. The second kappa shape index (κ2) is 1.66. The minimum Gasteiger partial charge on any atom is -0.154 e. The number of nitrogens with zero attached hydrogens (tertiary/aromatic N) is 2. The van der Waals surface area contributed by atoms with Gasteiger partial charge in [0.25, 0.3) is 0 Å². The minimum absolute atomic E-state index is 0.634. The Morgan fingerprint density at radius 3 is 2.50 bits per heavy atom. The zero-order chi connectivity index (χ0) is 9.53. The third kappa shape index (κ3) is 0.727. The smallest absolute Gasteiger partial charge is 0.154 e. The fourth-order valence-electron chi connectivity index (χ4n) is 0.836. The molecule has 0 aromatic heterocycles. The van der Waals surface area contributed by atoms with Gasteiger partial charge in [-0.1, -0.05) is 30.3 Å². The second-order valence-corrected chi connectivity index (χ2v) is 2.24. The van der Waals surface area contributed by atoms with Gasteiger partial charge in [0.1, 0.15) is 0 Å². The van der Waals surface area contributed by atoms with E-state index < -0.39 is 12.5 Å². The Balaban J connectivity index is 2.38. The molecule has 1 aromatic rings. The molecule has 1 aliphatic heterocycles. The largest absolute Gasteiger partial charge is 0.213 e. The monoisotopic (exact) mass is 135 g/mol. The van der Waals surface area contributed by atoms with Crippen molar-refractivity contribution in [2.45, 2.75) is 12.5 Å². The molecule has 0 aliphatic carbocycles. The Labute approximate surface area is 63.8 Å². The highest BCUT2D eigenvalue weighted by molar-refractivity contribution is 5.25. The number of hydrogen-bond donors (Lipinski definition) is 0. The molecule has 10 heavy (non-hydrogen) atoms. The van der Waals surface area contributed by atoms with Gasteiger partial charge in [0.05, 0.1) is 0 Å². The van der Waals surface area contributed by atoms with E-state index in [0.29, 0.717) is 5.56 Å². The molecule has 0 bridgehead atoms. The number of rotatable bonds is 1. The normalized spacial score (nSPS) is 24.6. The SMILES string of the molecule is [2H]C([2H])([2H])C1(c2ccccc2)N=N1. The summed E-state index contributed by atoms with van der Waals surface area (Å²) >= 11 is 0. The predicted octanol–water partition coefficient (Wildman–Crippen LogP) is 2.33. The van der Waals surface area contributed by atoms with Crippen LogP contribution in [0.15, 0.2) is 40.6 Å². The molecule has 0 unspecified atom stereocenters. The zero-order valence-electron chi connectivity index (χ0n) is 8.28. The van der Waals surface area contributed by atoms with Crippen LogP contribution in [0.5, 0.6) is 0 Å². The third-order valence-corrected chi connectivity index (χ3v) is 1.48. The van der Waals surface area contributed by atoms with Gasteiger partial charge in [-0.15, -0.1) is 0 Å². The fourth-order valence-corrected chi connectivity index (χ4v) is 0.836. The van der Waals surface area contributed by atoms with Gasteiger partial charge in [0.2, 0.25) is 5.66 Å². The summed E-state index contributed by atoms with van der Waals surface area (Å²) in [6.45, 7) is -2.17. The minimum atomic E-state index is -2.17. The maximum absolute atomic E-state index is 7.28. The molecule has 1 heterocycles. The lowest BCUT2D eigenvalue weighted by Gasteiger charge is -2.00. The summed E-state index contributed by atoms with van der Waals surface area (Å²) in [4.78, 5) is 0. The topological polar surface area (TPSA) is 24.7 Å². The molecular weight excluding hydrogens is 124 g/mol. The molecule has 0 saturated carbocycles. The van der Waals surface area contributed by atoms with Crippen molar-refractivity contribution in [3.63, 3.8) is 0 Å². The summed E-state index contributed by atoms with van der Waals surface area (Å²) < 4.78 is 21.8. The standard InChI is InChI=1S/C8H8N2/c1-8(9-10-8)7-5-3-2-4-6-7/h2-6H,1H3/i1D3. The Morgan fingerprint density at radius 2 is 2.00 bits per heavy atom. The molecule has 2 heteroatoms. The first-order chi connectivity index (χ1) is 6.06. The van der Waals surface area contributed by atoms with Gasteiger partial charge in [0, 0.05) is 9.68 Å². The van der Waals surface area contributed by atoms with Crippen molar-refractivity contribution in [1.82, 2.24) is 0 Å². The van der Waals surface area contributed by atoms with E-state index in [1.54, 1.807) is 24.3 Å². The van der Waals surface area contributed by atoms with Gasteiger partial charge in [-0.05, 0) is 6.85 Å². The maximum Gasteiger partial charge on any atom is 0.213 e. The van der Waals surface area contributed by atoms with Crippen LogP contribution in [0, 0.1) is 0 Å². The van der Waals surface area contributed by atoms with Crippen LogP contribution in [0.4, 0.5) is 0 Å². The lowest BCUT2D eigenvalue weighted by atomic mass is 10.1. The molecule has 1 aromatic carbocycles. The lowest BCUT2D eigenvalue weighted by molar-refractivity contribution is 0.729. The van der Waals surface area contributed by atoms with Gasteiger partial charge in [-0.3, -0.25) is 0 Å². The van der Waals surface area contributed by atoms with E-state index >= 15 is 0 Å². The van der Waals surface area contributed by atoms with Crippen molar-refractivity contribution >= 4 is 0 Å². The Bertz CT molecular complexity index is 336. The van der Waals surface area contributed by atoms with Gasteiger partial charge < -0.3 is 0 Å². The van der Waals surface area contributed by atoms with Crippen molar-refractivity contribution in [3.05, 3.63) is 35.9 Å². The van der Waals surface area contributed by atoms with E-state index in [0.717, 1.165) is 0 Å². The summed E-state index contributed by atoms with van der Waals surface area (Å²) in [6.07, 6.45) is 0. The van der Waals surface area contributed by atoms with Crippen LogP contribution < -0.4 is 0 Å². The predicted molar refractivity (Wildman–Crippen MR) is 38.7 cm³/mol. The van der Waals surface area contributed by atoms with E-state index in [-0.39, 0.29) is 0 Å². The van der Waals surface area contributed by atoms with Gasteiger partial charge in [-0.2, -0.15) is 10.2 Å². The lowest BCUT2D eigenvalue weighted by Crippen LogP contribution is -1.99. The quantitative estimate of drug-likeness (QED) is 0.564. The molecule has 2 nitrogen and oxygen atoms in total. The zero-order valence-corrected chi connectivity index (χ0v) is 5.28.